The number of sulfonamides is 1. The van der Waals surface area contributed by atoms with Gasteiger partial charge in [0.2, 0.25) is 10.0 Å². The zero-order chi connectivity index (χ0) is 23.5. The highest BCUT2D eigenvalue weighted by atomic mass is 32.2. The van der Waals surface area contributed by atoms with Crippen molar-refractivity contribution in [2.24, 2.45) is 0 Å². The van der Waals surface area contributed by atoms with Crippen LogP contribution in [0.15, 0.2) is 41.3 Å². The van der Waals surface area contributed by atoms with Gasteiger partial charge < -0.3 is 14.8 Å². The van der Waals surface area contributed by atoms with Crippen LogP contribution in [0, 0.1) is 17.0 Å². The molecule has 0 radical (unpaired) electrons. The Balaban J connectivity index is 1.94. The lowest BCUT2D eigenvalue weighted by molar-refractivity contribution is -0.385. The van der Waals surface area contributed by atoms with Crippen molar-refractivity contribution >= 4 is 27.3 Å². The van der Waals surface area contributed by atoms with Gasteiger partial charge in [0.25, 0.3) is 11.6 Å². The maximum absolute atomic E-state index is 13.0. The summed E-state index contributed by atoms with van der Waals surface area (Å²) in [5, 5.41) is 13.7. The van der Waals surface area contributed by atoms with Gasteiger partial charge in [-0.3, -0.25) is 14.9 Å². The van der Waals surface area contributed by atoms with Crippen molar-refractivity contribution < 1.29 is 27.6 Å². The summed E-state index contributed by atoms with van der Waals surface area (Å²) in [6, 6.07) is 8.31. The van der Waals surface area contributed by atoms with E-state index in [0.717, 1.165) is 0 Å². The van der Waals surface area contributed by atoms with Gasteiger partial charge in [0, 0.05) is 30.3 Å². The minimum atomic E-state index is -3.78. The molecule has 32 heavy (non-hydrogen) atoms. The lowest BCUT2D eigenvalue weighted by atomic mass is 10.1. The molecule has 1 heterocycles. The molecule has 0 unspecified atom stereocenters. The fraction of sp³-hybridized carbons (Fsp3) is 0.381. The summed E-state index contributed by atoms with van der Waals surface area (Å²) >= 11 is 0. The van der Waals surface area contributed by atoms with Crippen molar-refractivity contribution in [3.05, 3.63) is 57.6 Å². The zero-order valence-electron chi connectivity index (χ0n) is 18.0. The molecule has 1 N–H and O–H groups in total. The van der Waals surface area contributed by atoms with Crippen molar-refractivity contribution in [1.29, 1.82) is 0 Å². The highest BCUT2D eigenvalue weighted by Gasteiger charge is 2.27. The molecule has 0 saturated carbocycles. The van der Waals surface area contributed by atoms with Crippen molar-refractivity contribution in [2.75, 3.05) is 31.6 Å². The van der Waals surface area contributed by atoms with Crippen LogP contribution in [-0.2, 0) is 14.8 Å². The fourth-order valence-corrected chi connectivity index (χ4v) is 4.69. The van der Waals surface area contributed by atoms with Gasteiger partial charge in [-0.15, -0.1) is 0 Å². The third-order valence-corrected chi connectivity index (χ3v) is 6.72. The number of rotatable bonds is 7. The summed E-state index contributed by atoms with van der Waals surface area (Å²) in [7, 11) is -3.78. The molecule has 1 fully saturated rings. The second-order valence-corrected chi connectivity index (χ2v) is 9.49. The van der Waals surface area contributed by atoms with Gasteiger partial charge in [-0.25, -0.2) is 8.42 Å². The Morgan fingerprint density at radius 2 is 1.88 bits per heavy atom. The second kappa shape index (κ2) is 9.63. The minimum absolute atomic E-state index is 0.0192. The fourth-order valence-electron chi connectivity index (χ4n) is 3.26. The number of nitrogens with zero attached hydrogens (tertiary/aromatic N) is 2. The second-order valence-electron chi connectivity index (χ2n) is 7.55. The van der Waals surface area contributed by atoms with Crippen LogP contribution in [-0.4, -0.2) is 56.0 Å². The number of nitrogens with one attached hydrogen (secondary N) is 1. The number of carbonyl (C=O) groups is 1. The molecule has 11 heteroatoms. The first-order valence-electron chi connectivity index (χ1n) is 10.0. The summed E-state index contributed by atoms with van der Waals surface area (Å²) in [6.07, 6.45) is -0.214. The summed E-state index contributed by atoms with van der Waals surface area (Å²) in [4.78, 5) is 23.4. The number of morpholine rings is 1. The number of carbonyl (C=O) groups excluding carboxylic acids is 1. The number of benzene rings is 2. The van der Waals surface area contributed by atoms with E-state index in [2.05, 4.69) is 5.32 Å². The van der Waals surface area contributed by atoms with Crippen LogP contribution in [0.1, 0.15) is 29.8 Å². The van der Waals surface area contributed by atoms with Gasteiger partial charge >= 0.3 is 0 Å². The number of nitro benzene ring substituents is 1. The first kappa shape index (κ1) is 23.6. The Morgan fingerprint density at radius 3 is 2.47 bits per heavy atom. The Kier molecular flexibility index (Phi) is 7.12. The van der Waals surface area contributed by atoms with Crippen molar-refractivity contribution in [3.8, 4) is 5.75 Å². The number of hydrogen-bond donors (Lipinski definition) is 1. The smallest absolute Gasteiger partial charge is 0.272 e. The lowest BCUT2D eigenvalue weighted by Gasteiger charge is -2.26. The number of anilines is 1. The normalized spacial score (nSPS) is 14.9. The molecule has 1 saturated heterocycles. The molecule has 0 spiro atoms. The van der Waals surface area contributed by atoms with Gasteiger partial charge in [0.15, 0.2) is 0 Å². The molecule has 0 aromatic heterocycles. The number of amides is 1. The maximum atomic E-state index is 13.0. The Bertz CT molecular complexity index is 1130. The lowest BCUT2D eigenvalue weighted by Crippen LogP contribution is -2.40. The van der Waals surface area contributed by atoms with E-state index in [1.165, 1.54) is 47.6 Å². The van der Waals surface area contributed by atoms with Crippen LogP contribution in [0.25, 0.3) is 0 Å². The number of hydrogen-bond acceptors (Lipinski definition) is 7. The van der Waals surface area contributed by atoms with Gasteiger partial charge in [0.1, 0.15) is 5.75 Å². The van der Waals surface area contributed by atoms with Crippen LogP contribution in [0.2, 0.25) is 0 Å². The maximum Gasteiger partial charge on any atom is 0.272 e. The van der Waals surface area contributed by atoms with E-state index in [0.29, 0.717) is 24.5 Å². The molecule has 0 aliphatic carbocycles. The Hall–Kier alpha value is -3.02. The highest BCUT2D eigenvalue weighted by Crippen LogP contribution is 2.31. The van der Waals surface area contributed by atoms with Crippen molar-refractivity contribution in [2.45, 2.75) is 31.8 Å². The van der Waals surface area contributed by atoms with E-state index in [1.807, 2.05) is 13.8 Å². The van der Waals surface area contributed by atoms with Crippen LogP contribution < -0.4 is 10.1 Å². The van der Waals surface area contributed by atoms with E-state index >= 15 is 0 Å². The molecule has 2 aromatic rings. The van der Waals surface area contributed by atoms with Gasteiger partial charge in [-0.2, -0.15) is 4.31 Å². The first-order valence-corrected chi connectivity index (χ1v) is 11.5. The summed E-state index contributed by atoms with van der Waals surface area (Å²) in [5.41, 5.74) is 0.632. The molecule has 0 bridgehead atoms. The van der Waals surface area contributed by atoms with Crippen LogP contribution in [0.5, 0.6) is 5.75 Å². The standard InChI is InChI=1S/C21H25N3O7S/c1-14(2)31-20-7-5-17(32(28,29)23-8-10-30-11-9-23)13-18(20)22-21(25)16-4-6-19(24(26)27)15(3)12-16/h4-7,12-14H,8-11H2,1-3H3,(H,22,25). The quantitative estimate of drug-likeness (QED) is 0.494. The first-order chi connectivity index (χ1) is 15.1. The Morgan fingerprint density at radius 1 is 1.19 bits per heavy atom. The van der Waals surface area contributed by atoms with Crippen molar-refractivity contribution in [1.82, 2.24) is 4.31 Å². The average Bonchev–Trinajstić information content (AvgIpc) is 2.74. The number of ether oxygens (including phenoxy) is 2. The van der Waals surface area contributed by atoms with Gasteiger partial charge in [0.05, 0.1) is 34.8 Å². The molecule has 172 valence electrons. The predicted molar refractivity (Wildman–Crippen MR) is 118 cm³/mol. The molecule has 0 atom stereocenters. The van der Waals surface area contributed by atoms with Crippen LogP contribution in [0.4, 0.5) is 11.4 Å². The summed E-state index contributed by atoms with van der Waals surface area (Å²) < 4.78 is 38.4. The highest BCUT2D eigenvalue weighted by molar-refractivity contribution is 7.89. The van der Waals surface area contributed by atoms with Crippen molar-refractivity contribution in [3.63, 3.8) is 0 Å². The van der Waals surface area contributed by atoms with E-state index in [1.54, 1.807) is 0 Å². The largest absolute Gasteiger partial charge is 0.489 e. The summed E-state index contributed by atoms with van der Waals surface area (Å²) in [6.45, 7) is 6.28. The topological polar surface area (TPSA) is 128 Å². The molecule has 2 aromatic carbocycles. The van der Waals surface area contributed by atoms with E-state index in [4.69, 9.17) is 9.47 Å². The molecular weight excluding hydrogens is 438 g/mol. The van der Waals surface area contributed by atoms with E-state index < -0.39 is 20.9 Å². The minimum Gasteiger partial charge on any atom is -0.489 e. The molecule has 1 amide bonds. The number of nitro groups is 1. The van der Waals surface area contributed by atoms with Crippen LogP contribution >= 0.6 is 0 Å². The van der Waals surface area contributed by atoms with E-state index in [9.17, 15) is 23.3 Å². The SMILES string of the molecule is Cc1cc(C(=O)Nc2cc(S(=O)(=O)N3CCOCC3)ccc2OC(C)C)ccc1[N+](=O)[O-]. The Labute approximate surface area is 186 Å². The zero-order valence-corrected chi connectivity index (χ0v) is 18.8. The number of aryl methyl sites for hydroxylation is 1. The summed E-state index contributed by atoms with van der Waals surface area (Å²) in [5.74, 6) is -0.231. The van der Waals surface area contributed by atoms with E-state index in [-0.39, 0.29) is 41.0 Å². The predicted octanol–water partition coefficient (Wildman–Crippen LogP) is 2.96. The third kappa shape index (κ3) is 5.23. The van der Waals surface area contributed by atoms with Crippen LogP contribution in [0.3, 0.4) is 0 Å². The monoisotopic (exact) mass is 463 g/mol. The molecule has 3 rings (SSSR count). The van der Waals surface area contributed by atoms with Gasteiger partial charge in [-0.1, -0.05) is 0 Å². The van der Waals surface area contributed by atoms with Gasteiger partial charge in [-0.05, 0) is 51.1 Å². The third-order valence-electron chi connectivity index (χ3n) is 4.83. The molecule has 1 aliphatic rings. The molecule has 1 aliphatic heterocycles. The molecule has 10 nitrogen and oxygen atoms in total. The average molecular weight is 464 g/mol. The molecular formula is C21H25N3O7S.